The van der Waals surface area contributed by atoms with E-state index in [1.165, 1.54) is 5.56 Å². The number of aryl methyl sites for hydroxylation is 1. The average Bonchev–Trinajstić information content (AvgIpc) is 2.60. The van der Waals surface area contributed by atoms with Gasteiger partial charge < -0.3 is 15.4 Å². The number of amides is 2. The topological polar surface area (TPSA) is 67.4 Å². The smallest absolute Gasteiger partial charge is 0.258 e. The molecular formula is C22H34N2O3. The maximum absolute atomic E-state index is 12.3. The predicted molar refractivity (Wildman–Crippen MR) is 108 cm³/mol. The third-order valence-electron chi connectivity index (χ3n) is 5.08. The van der Waals surface area contributed by atoms with Crippen molar-refractivity contribution < 1.29 is 14.3 Å². The molecule has 1 aliphatic carbocycles. The molecule has 5 nitrogen and oxygen atoms in total. The van der Waals surface area contributed by atoms with Gasteiger partial charge >= 0.3 is 0 Å². The first-order valence-corrected chi connectivity index (χ1v) is 10.1. The van der Waals surface area contributed by atoms with Crippen LogP contribution in [0.15, 0.2) is 18.2 Å². The largest absolute Gasteiger partial charge is 0.483 e. The summed E-state index contributed by atoms with van der Waals surface area (Å²) in [5.74, 6) is 1.13. The Morgan fingerprint density at radius 3 is 2.59 bits per heavy atom. The van der Waals surface area contributed by atoms with Crippen LogP contribution >= 0.6 is 0 Å². The van der Waals surface area contributed by atoms with Crippen LogP contribution in [0, 0.1) is 12.8 Å². The fourth-order valence-electron chi connectivity index (χ4n) is 3.51. The summed E-state index contributed by atoms with van der Waals surface area (Å²) in [7, 11) is 0. The van der Waals surface area contributed by atoms with Gasteiger partial charge in [-0.05, 0) is 63.1 Å². The Bertz CT molecular complexity index is 655. The molecule has 1 fully saturated rings. The third-order valence-corrected chi connectivity index (χ3v) is 5.08. The average molecular weight is 375 g/mol. The maximum atomic E-state index is 12.3. The second-order valence-electron chi connectivity index (χ2n) is 8.26. The molecule has 2 amide bonds. The van der Waals surface area contributed by atoms with Crippen molar-refractivity contribution in [2.75, 3.05) is 6.61 Å². The molecule has 1 saturated carbocycles. The highest BCUT2D eigenvalue weighted by Gasteiger charge is 2.28. The fourth-order valence-corrected chi connectivity index (χ4v) is 3.51. The Kier molecular flexibility index (Phi) is 7.69. The SMILES string of the molecule is Cc1ccc(C(C)C)cc1OCC(=O)NC1CCCC(C(=O)NC(C)C)C1. The molecule has 2 rings (SSSR count). The molecule has 0 spiro atoms. The van der Waals surface area contributed by atoms with E-state index in [4.69, 9.17) is 4.74 Å². The molecule has 0 heterocycles. The second kappa shape index (κ2) is 9.77. The zero-order valence-electron chi connectivity index (χ0n) is 17.3. The van der Waals surface area contributed by atoms with E-state index < -0.39 is 0 Å². The second-order valence-corrected chi connectivity index (χ2v) is 8.26. The van der Waals surface area contributed by atoms with Gasteiger partial charge in [-0.2, -0.15) is 0 Å². The molecule has 150 valence electrons. The summed E-state index contributed by atoms with van der Waals surface area (Å²) in [5, 5.41) is 6.02. The first-order chi connectivity index (χ1) is 12.8. The first-order valence-electron chi connectivity index (χ1n) is 10.1. The number of rotatable bonds is 7. The third kappa shape index (κ3) is 6.56. The molecule has 0 radical (unpaired) electrons. The van der Waals surface area contributed by atoms with Crippen LogP contribution in [0.5, 0.6) is 5.75 Å². The van der Waals surface area contributed by atoms with Crippen LogP contribution < -0.4 is 15.4 Å². The fraction of sp³-hybridized carbons (Fsp3) is 0.636. The van der Waals surface area contributed by atoms with E-state index >= 15 is 0 Å². The van der Waals surface area contributed by atoms with Gasteiger partial charge in [0.1, 0.15) is 5.75 Å². The predicted octanol–water partition coefficient (Wildman–Crippen LogP) is 3.70. The van der Waals surface area contributed by atoms with Gasteiger partial charge in [-0.1, -0.05) is 32.4 Å². The highest BCUT2D eigenvalue weighted by atomic mass is 16.5. The van der Waals surface area contributed by atoms with Crippen molar-refractivity contribution >= 4 is 11.8 Å². The van der Waals surface area contributed by atoms with E-state index in [1.807, 2.05) is 32.9 Å². The number of ether oxygens (including phenoxy) is 1. The minimum atomic E-state index is -0.126. The van der Waals surface area contributed by atoms with Gasteiger partial charge in [-0.15, -0.1) is 0 Å². The van der Waals surface area contributed by atoms with E-state index in [0.717, 1.165) is 30.6 Å². The van der Waals surface area contributed by atoms with Crippen LogP contribution in [0.1, 0.15) is 70.4 Å². The molecule has 5 heteroatoms. The van der Waals surface area contributed by atoms with Gasteiger partial charge in [-0.3, -0.25) is 9.59 Å². The summed E-state index contributed by atoms with van der Waals surface area (Å²) in [6.07, 6.45) is 3.46. The molecule has 1 aromatic carbocycles. The van der Waals surface area contributed by atoms with Crippen LogP contribution in [-0.4, -0.2) is 30.5 Å². The number of carbonyl (C=O) groups is 2. The minimum Gasteiger partial charge on any atom is -0.483 e. The van der Waals surface area contributed by atoms with E-state index in [-0.39, 0.29) is 36.4 Å². The molecule has 1 aliphatic rings. The number of carbonyl (C=O) groups excluding carboxylic acids is 2. The van der Waals surface area contributed by atoms with E-state index in [1.54, 1.807) is 0 Å². The summed E-state index contributed by atoms with van der Waals surface area (Å²) in [6, 6.07) is 6.32. The minimum absolute atomic E-state index is 0.00173. The van der Waals surface area contributed by atoms with Gasteiger partial charge in [-0.25, -0.2) is 0 Å². The molecule has 27 heavy (non-hydrogen) atoms. The maximum Gasteiger partial charge on any atom is 0.258 e. The Morgan fingerprint density at radius 2 is 1.93 bits per heavy atom. The quantitative estimate of drug-likeness (QED) is 0.765. The highest BCUT2D eigenvalue weighted by molar-refractivity contribution is 5.80. The lowest BCUT2D eigenvalue weighted by Crippen LogP contribution is -2.44. The van der Waals surface area contributed by atoms with Crippen molar-refractivity contribution in [2.24, 2.45) is 5.92 Å². The van der Waals surface area contributed by atoms with Gasteiger partial charge in [0.15, 0.2) is 6.61 Å². The number of nitrogens with one attached hydrogen (secondary N) is 2. The lowest BCUT2D eigenvalue weighted by Gasteiger charge is -2.29. The van der Waals surface area contributed by atoms with Crippen LogP contribution in [-0.2, 0) is 9.59 Å². The normalized spacial score (nSPS) is 19.8. The van der Waals surface area contributed by atoms with Crippen molar-refractivity contribution in [1.29, 1.82) is 0 Å². The summed E-state index contributed by atoms with van der Waals surface area (Å²) in [4.78, 5) is 24.6. The Labute approximate surface area is 163 Å². The van der Waals surface area contributed by atoms with Crippen molar-refractivity contribution in [3.8, 4) is 5.75 Å². The molecule has 0 aliphatic heterocycles. The van der Waals surface area contributed by atoms with Crippen LogP contribution in [0.2, 0.25) is 0 Å². The monoisotopic (exact) mass is 374 g/mol. The molecule has 2 atom stereocenters. The lowest BCUT2D eigenvalue weighted by molar-refractivity contribution is -0.128. The lowest BCUT2D eigenvalue weighted by atomic mass is 9.85. The Hall–Kier alpha value is -2.04. The summed E-state index contributed by atoms with van der Waals surface area (Å²) >= 11 is 0. The zero-order chi connectivity index (χ0) is 20.0. The number of benzene rings is 1. The van der Waals surface area contributed by atoms with Crippen molar-refractivity contribution in [2.45, 2.75) is 78.3 Å². The summed E-state index contributed by atoms with van der Waals surface area (Å²) in [5.41, 5.74) is 2.22. The van der Waals surface area contributed by atoms with Gasteiger partial charge in [0.2, 0.25) is 5.91 Å². The number of hydrogen-bond donors (Lipinski definition) is 2. The van der Waals surface area contributed by atoms with E-state index in [9.17, 15) is 9.59 Å². The van der Waals surface area contributed by atoms with Crippen LogP contribution in [0.3, 0.4) is 0 Å². The van der Waals surface area contributed by atoms with Gasteiger partial charge in [0.25, 0.3) is 5.91 Å². The standard InChI is InChI=1S/C22H34N2O3/c1-14(2)17-10-9-16(5)20(12-17)27-13-21(25)24-19-8-6-7-18(11-19)22(26)23-15(3)4/h9-10,12,14-15,18-19H,6-8,11,13H2,1-5H3,(H,23,26)(H,24,25). The van der Waals surface area contributed by atoms with Crippen molar-refractivity contribution in [1.82, 2.24) is 10.6 Å². The number of hydrogen-bond acceptors (Lipinski definition) is 3. The van der Waals surface area contributed by atoms with Gasteiger partial charge in [0.05, 0.1) is 0 Å². The molecule has 0 bridgehead atoms. The molecule has 0 saturated heterocycles. The Morgan fingerprint density at radius 1 is 1.19 bits per heavy atom. The molecular weight excluding hydrogens is 340 g/mol. The zero-order valence-corrected chi connectivity index (χ0v) is 17.3. The Balaban J connectivity index is 1.85. The molecule has 2 N–H and O–H groups in total. The summed E-state index contributed by atoms with van der Waals surface area (Å²) in [6.45, 7) is 10.2. The van der Waals surface area contributed by atoms with Gasteiger partial charge in [0, 0.05) is 18.0 Å². The van der Waals surface area contributed by atoms with Crippen molar-refractivity contribution in [3.63, 3.8) is 0 Å². The van der Waals surface area contributed by atoms with Crippen LogP contribution in [0.4, 0.5) is 0 Å². The molecule has 2 unspecified atom stereocenters. The van der Waals surface area contributed by atoms with E-state index in [2.05, 4.69) is 30.5 Å². The van der Waals surface area contributed by atoms with E-state index in [0.29, 0.717) is 12.3 Å². The molecule has 1 aromatic rings. The summed E-state index contributed by atoms with van der Waals surface area (Å²) < 4.78 is 5.77. The molecule has 0 aromatic heterocycles. The highest BCUT2D eigenvalue weighted by Crippen LogP contribution is 2.26. The first kappa shape index (κ1) is 21.3. The van der Waals surface area contributed by atoms with Crippen LogP contribution in [0.25, 0.3) is 0 Å². The van der Waals surface area contributed by atoms with Crippen molar-refractivity contribution in [3.05, 3.63) is 29.3 Å².